The van der Waals surface area contributed by atoms with Crippen molar-refractivity contribution in [3.63, 3.8) is 0 Å². The zero-order valence-corrected chi connectivity index (χ0v) is 11.3. The molecule has 3 N–H and O–H groups in total. The van der Waals surface area contributed by atoms with Crippen LogP contribution in [0, 0.1) is 5.92 Å². The number of fused-ring (bicyclic) bond motifs is 1. The number of nitrogens with one attached hydrogen (secondary N) is 1. The molecule has 2 aromatic rings. The zero-order chi connectivity index (χ0) is 13.1. The van der Waals surface area contributed by atoms with E-state index >= 15 is 0 Å². The van der Waals surface area contributed by atoms with Crippen molar-refractivity contribution >= 4 is 22.3 Å². The van der Waals surface area contributed by atoms with Crippen molar-refractivity contribution in [3.8, 4) is 0 Å². The van der Waals surface area contributed by atoms with Gasteiger partial charge in [-0.15, -0.1) is 0 Å². The minimum Gasteiger partial charge on any atom is -0.397 e. The van der Waals surface area contributed by atoms with E-state index in [-0.39, 0.29) is 0 Å². The van der Waals surface area contributed by atoms with Crippen LogP contribution in [-0.4, -0.2) is 11.0 Å². The Labute approximate surface area is 108 Å². The van der Waals surface area contributed by atoms with E-state index in [9.17, 15) is 0 Å². The van der Waals surface area contributed by atoms with E-state index in [0.29, 0.717) is 12.0 Å². The third-order valence-corrected chi connectivity index (χ3v) is 3.39. The summed E-state index contributed by atoms with van der Waals surface area (Å²) in [5.74, 6) is 0.597. The molecular formula is C15H21N3. The van der Waals surface area contributed by atoms with Gasteiger partial charge in [0.1, 0.15) is 0 Å². The molecular weight excluding hydrogens is 222 g/mol. The van der Waals surface area contributed by atoms with Gasteiger partial charge in [-0.05, 0) is 36.6 Å². The average Bonchev–Trinajstić information content (AvgIpc) is 2.38. The molecule has 0 bridgehead atoms. The highest BCUT2D eigenvalue weighted by atomic mass is 14.9. The predicted octanol–water partition coefficient (Wildman–Crippen LogP) is 3.66. The van der Waals surface area contributed by atoms with E-state index in [4.69, 9.17) is 5.73 Å². The first-order chi connectivity index (χ1) is 8.63. The minimum absolute atomic E-state index is 0.469. The molecule has 0 radical (unpaired) electrons. The minimum atomic E-state index is 0.469. The largest absolute Gasteiger partial charge is 0.397 e. The third kappa shape index (κ3) is 2.40. The summed E-state index contributed by atoms with van der Waals surface area (Å²) in [7, 11) is 0. The van der Waals surface area contributed by atoms with Crippen LogP contribution in [0.2, 0.25) is 0 Å². The Hall–Kier alpha value is -1.77. The van der Waals surface area contributed by atoms with E-state index in [1.54, 1.807) is 6.20 Å². The molecule has 96 valence electrons. The third-order valence-electron chi connectivity index (χ3n) is 3.39. The predicted molar refractivity (Wildman–Crippen MR) is 78.7 cm³/mol. The van der Waals surface area contributed by atoms with Gasteiger partial charge in [0, 0.05) is 23.3 Å². The molecule has 18 heavy (non-hydrogen) atoms. The van der Waals surface area contributed by atoms with Crippen molar-refractivity contribution in [2.75, 3.05) is 11.1 Å². The maximum atomic E-state index is 5.96. The lowest BCUT2D eigenvalue weighted by Crippen LogP contribution is -2.24. The molecule has 2 rings (SSSR count). The molecule has 1 unspecified atom stereocenters. The zero-order valence-electron chi connectivity index (χ0n) is 11.3. The van der Waals surface area contributed by atoms with Gasteiger partial charge < -0.3 is 11.1 Å². The monoisotopic (exact) mass is 243 g/mol. The Kier molecular flexibility index (Phi) is 3.70. The highest BCUT2D eigenvalue weighted by molar-refractivity contribution is 5.98. The normalized spacial score (nSPS) is 12.9. The van der Waals surface area contributed by atoms with Crippen LogP contribution in [-0.2, 0) is 0 Å². The first-order valence-corrected chi connectivity index (χ1v) is 6.53. The number of anilines is 2. The van der Waals surface area contributed by atoms with Crippen LogP contribution >= 0.6 is 0 Å². The van der Waals surface area contributed by atoms with Gasteiger partial charge in [0.15, 0.2) is 0 Å². The lowest BCUT2D eigenvalue weighted by atomic mass is 10.0. The second-order valence-corrected chi connectivity index (χ2v) is 5.01. The topological polar surface area (TPSA) is 50.9 Å². The number of benzene rings is 1. The van der Waals surface area contributed by atoms with Crippen molar-refractivity contribution in [1.29, 1.82) is 0 Å². The Balaban J connectivity index is 2.42. The van der Waals surface area contributed by atoms with E-state index in [1.165, 1.54) is 0 Å². The molecule has 1 aromatic carbocycles. The van der Waals surface area contributed by atoms with Gasteiger partial charge in [0.25, 0.3) is 0 Å². The summed E-state index contributed by atoms with van der Waals surface area (Å²) in [6, 6.07) is 8.45. The van der Waals surface area contributed by atoms with Crippen LogP contribution in [0.1, 0.15) is 27.2 Å². The standard InChI is InChI=1S/C15H21N3/c1-4-13(10(2)3)18-14-8-7-12(16)15-11(14)6-5-9-17-15/h5-10,13,18H,4,16H2,1-3H3. The van der Waals surface area contributed by atoms with Crippen LogP contribution in [0.25, 0.3) is 10.9 Å². The number of hydrogen-bond donors (Lipinski definition) is 2. The van der Waals surface area contributed by atoms with Gasteiger partial charge >= 0.3 is 0 Å². The molecule has 1 heterocycles. The number of hydrogen-bond acceptors (Lipinski definition) is 3. The van der Waals surface area contributed by atoms with Crippen molar-refractivity contribution in [3.05, 3.63) is 30.5 Å². The first-order valence-electron chi connectivity index (χ1n) is 6.53. The average molecular weight is 243 g/mol. The summed E-state index contributed by atoms with van der Waals surface area (Å²) in [5, 5.41) is 4.70. The van der Waals surface area contributed by atoms with Gasteiger partial charge in [-0.1, -0.05) is 20.8 Å². The van der Waals surface area contributed by atoms with Gasteiger partial charge in [-0.2, -0.15) is 0 Å². The van der Waals surface area contributed by atoms with E-state index in [2.05, 4.69) is 37.1 Å². The van der Waals surface area contributed by atoms with Crippen LogP contribution < -0.4 is 11.1 Å². The second-order valence-electron chi connectivity index (χ2n) is 5.01. The lowest BCUT2D eigenvalue weighted by molar-refractivity contribution is 0.511. The molecule has 3 heteroatoms. The van der Waals surface area contributed by atoms with Crippen LogP contribution in [0.5, 0.6) is 0 Å². The van der Waals surface area contributed by atoms with Crippen molar-refractivity contribution in [1.82, 2.24) is 4.98 Å². The molecule has 0 aliphatic heterocycles. The van der Waals surface area contributed by atoms with Gasteiger partial charge in [-0.25, -0.2) is 0 Å². The Bertz CT molecular complexity index is 534. The summed E-state index contributed by atoms with van der Waals surface area (Å²) in [4.78, 5) is 4.35. The maximum Gasteiger partial charge on any atom is 0.0951 e. The van der Waals surface area contributed by atoms with Gasteiger partial charge in [0.2, 0.25) is 0 Å². The molecule has 1 aromatic heterocycles. The molecule has 0 aliphatic rings. The van der Waals surface area contributed by atoms with Gasteiger partial charge in [0.05, 0.1) is 11.2 Å². The Morgan fingerprint density at radius 1 is 1.28 bits per heavy atom. The van der Waals surface area contributed by atoms with Crippen molar-refractivity contribution in [2.24, 2.45) is 5.92 Å². The number of nitrogen functional groups attached to an aromatic ring is 1. The Morgan fingerprint density at radius 3 is 2.72 bits per heavy atom. The fourth-order valence-electron chi connectivity index (χ4n) is 2.26. The first kappa shape index (κ1) is 12.7. The molecule has 0 saturated carbocycles. The number of pyridine rings is 1. The smallest absolute Gasteiger partial charge is 0.0951 e. The highest BCUT2D eigenvalue weighted by Crippen LogP contribution is 2.28. The van der Waals surface area contributed by atoms with Gasteiger partial charge in [-0.3, -0.25) is 4.98 Å². The highest BCUT2D eigenvalue weighted by Gasteiger charge is 2.12. The molecule has 0 amide bonds. The lowest BCUT2D eigenvalue weighted by Gasteiger charge is -2.23. The molecule has 1 atom stereocenters. The maximum absolute atomic E-state index is 5.96. The van der Waals surface area contributed by atoms with Crippen LogP contribution in [0.4, 0.5) is 11.4 Å². The quantitative estimate of drug-likeness (QED) is 0.806. The summed E-state index contributed by atoms with van der Waals surface area (Å²) < 4.78 is 0. The van der Waals surface area contributed by atoms with Crippen LogP contribution in [0.15, 0.2) is 30.5 Å². The van der Waals surface area contributed by atoms with E-state index < -0.39 is 0 Å². The Morgan fingerprint density at radius 2 is 2.06 bits per heavy atom. The van der Waals surface area contributed by atoms with Crippen molar-refractivity contribution in [2.45, 2.75) is 33.2 Å². The molecule has 0 saturated heterocycles. The summed E-state index contributed by atoms with van der Waals surface area (Å²) >= 11 is 0. The molecule has 0 fully saturated rings. The van der Waals surface area contributed by atoms with Crippen molar-refractivity contribution < 1.29 is 0 Å². The van der Waals surface area contributed by atoms with Crippen LogP contribution in [0.3, 0.4) is 0 Å². The number of rotatable bonds is 4. The number of aromatic nitrogens is 1. The number of nitrogens with two attached hydrogens (primary N) is 1. The summed E-state index contributed by atoms with van der Waals surface area (Å²) in [5.41, 5.74) is 8.68. The second kappa shape index (κ2) is 5.25. The van der Waals surface area contributed by atoms with E-state index in [0.717, 1.165) is 28.7 Å². The fraction of sp³-hybridized carbons (Fsp3) is 0.400. The number of nitrogens with zero attached hydrogens (tertiary/aromatic N) is 1. The molecule has 0 spiro atoms. The SMILES string of the molecule is CCC(Nc1ccc(N)c2ncccc12)C(C)C. The fourth-order valence-corrected chi connectivity index (χ4v) is 2.26. The van der Waals surface area contributed by atoms with E-state index in [1.807, 2.05) is 18.2 Å². The molecule has 3 nitrogen and oxygen atoms in total. The summed E-state index contributed by atoms with van der Waals surface area (Å²) in [6.07, 6.45) is 2.88. The molecule has 0 aliphatic carbocycles. The summed E-state index contributed by atoms with van der Waals surface area (Å²) in [6.45, 7) is 6.67.